The molecule has 1 saturated carbocycles. The SMILES string of the molecule is O=S(=O)(c1ccc(N2CC(O)C2)nc1)N1CCC2=Cc3c(cnn3-c3ccc(F)cc3)C[C@]2(COCC2CC2)C1. The Morgan fingerprint density at radius 2 is 1.90 bits per heavy atom. The summed E-state index contributed by atoms with van der Waals surface area (Å²) in [5.41, 5.74) is 3.42. The highest BCUT2D eigenvalue weighted by Gasteiger charge is 2.46. The minimum atomic E-state index is -3.78. The normalized spacial score (nSPS) is 23.4. The number of β-amino-alcohol motifs (C(OH)–C–C–N with tert-alkyl or cyclic N) is 1. The highest BCUT2D eigenvalue weighted by atomic mass is 32.2. The third-order valence-electron chi connectivity index (χ3n) is 8.56. The van der Waals surface area contributed by atoms with Crippen LogP contribution in [0.15, 0.2) is 59.3 Å². The van der Waals surface area contributed by atoms with Crippen molar-refractivity contribution in [3.63, 3.8) is 0 Å². The van der Waals surface area contributed by atoms with Crippen LogP contribution in [0.1, 0.15) is 30.5 Å². The van der Waals surface area contributed by atoms with Gasteiger partial charge in [0.15, 0.2) is 0 Å². The van der Waals surface area contributed by atoms with E-state index in [0.717, 1.165) is 22.5 Å². The Morgan fingerprint density at radius 1 is 1.10 bits per heavy atom. The second-order valence-corrected chi connectivity index (χ2v) is 13.5. The summed E-state index contributed by atoms with van der Waals surface area (Å²) >= 11 is 0. The van der Waals surface area contributed by atoms with E-state index in [4.69, 9.17) is 4.74 Å². The lowest BCUT2D eigenvalue weighted by Crippen LogP contribution is -2.51. The highest BCUT2D eigenvalue weighted by molar-refractivity contribution is 7.89. The fourth-order valence-electron chi connectivity index (χ4n) is 6.03. The number of hydrogen-bond acceptors (Lipinski definition) is 7. The maximum Gasteiger partial charge on any atom is 0.244 e. The molecule has 40 heavy (non-hydrogen) atoms. The molecular formula is C29H32FN5O4S. The molecule has 4 heterocycles. The van der Waals surface area contributed by atoms with Gasteiger partial charge in [0.05, 0.1) is 30.3 Å². The number of aliphatic hydroxyl groups is 1. The lowest BCUT2D eigenvalue weighted by atomic mass is 9.69. The summed E-state index contributed by atoms with van der Waals surface area (Å²) in [6, 6.07) is 9.58. The number of rotatable bonds is 8. The number of benzene rings is 1. The van der Waals surface area contributed by atoms with Crippen molar-refractivity contribution in [2.75, 3.05) is 44.3 Å². The largest absolute Gasteiger partial charge is 0.389 e. The van der Waals surface area contributed by atoms with Gasteiger partial charge in [-0.3, -0.25) is 0 Å². The van der Waals surface area contributed by atoms with Crippen LogP contribution in [0.2, 0.25) is 0 Å². The lowest BCUT2D eigenvalue weighted by Gasteiger charge is -2.46. The third-order valence-corrected chi connectivity index (χ3v) is 10.4. The van der Waals surface area contributed by atoms with Crippen LogP contribution in [0.5, 0.6) is 0 Å². The standard InChI is InChI=1S/C29H32FN5O4S/c30-23-3-5-24(6-4-23)35-27-11-22-9-10-34(18-29(22,12-21(27)13-32-35)19-39-17-20-1-2-20)40(37,38)26-7-8-28(31-14-26)33-15-25(36)16-33/h3-8,11,13-14,20,25,36H,1-2,9-10,12,15-19H2/t29-/m1/s1. The van der Waals surface area contributed by atoms with Gasteiger partial charge in [0.1, 0.15) is 16.5 Å². The van der Waals surface area contributed by atoms with E-state index in [1.807, 2.05) is 15.8 Å². The first-order valence-corrected chi connectivity index (χ1v) is 15.3. The summed E-state index contributed by atoms with van der Waals surface area (Å²) in [4.78, 5) is 6.46. The van der Waals surface area contributed by atoms with Crippen LogP contribution in [0.3, 0.4) is 0 Å². The Balaban J connectivity index is 1.17. The van der Waals surface area contributed by atoms with E-state index in [0.29, 0.717) is 64.0 Å². The lowest BCUT2D eigenvalue weighted by molar-refractivity contribution is 0.0358. The molecule has 1 N–H and O–H groups in total. The molecule has 0 spiro atoms. The fourth-order valence-corrected chi connectivity index (χ4v) is 7.50. The Kier molecular flexibility index (Phi) is 6.30. The Bertz CT molecular complexity index is 1550. The zero-order valence-corrected chi connectivity index (χ0v) is 22.9. The smallest absolute Gasteiger partial charge is 0.244 e. The molecular weight excluding hydrogens is 533 g/mol. The summed E-state index contributed by atoms with van der Waals surface area (Å²) in [6.45, 7) is 2.82. The molecule has 2 aliphatic carbocycles. The van der Waals surface area contributed by atoms with Crippen LogP contribution >= 0.6 is 0 Å². The number of hydrogen-bond donors (Lipinski definition) is 1. The van der Waals surface area contributed by atoms with Crippen LogP contribution < -0.4 is 4.90 Å². The number of aromatic nitrogens is 3. The number of piperidine rings is 1. The molecule has 210 valence electrons. The van der Waals surface area contributed by atoms with Crippen LogP contribution in [0.4, 0.5) is 10.2 Å². The number of ether oxygens (including phenoxy) is 1. The van der Waals surface area contributed by atoms with Crippen molar-refractivity contribution in [1.82, 2.24) is 19.1 Å². The Morgan fingerprint density at radius 3 is 2.60 bits per heavy atom. The number of nitrogens with zero attached hydrogens (tertiary/aromatic N) is 5. The molecule has 0 bridgehead atoms. The van der Waals surface area contributed by atoms with Crippen molar-refractivity contribution in [2.45, 2.75) is 36.7 Å². The highest BCUT2D eigenvalue weighted by Crippen LogP contribution is 2.46. The molecule has 2 saturated heterocycles. The molecule has 11 heteroatoms. The molecule has 7 rings (SSSR count). The molecule has 0 unspecified atom stereocenters. The van der Waals surface area contributed by atoms with Gasteiger partial charge in [0.25, 0.3) is 0 Å². The van der Waals surface area contributed by atoms with E-state index in [1.165, 1.54) is 31.2 Å². The molecule has 2 aromatic heterocycles. The van der Waals surface area contributed by atoms with E-state index >= 15 is 0 Å². The summed E-state index contributed by atoms with van der Waals surface area (Å²) in [6.07, 6.45) is 8.59. The summed E-state index contributed by atoms with van der Waals surface area (Å²) in [5.74, 6) is 0.966. The van der Waals surface area contributed by atoms with E-state index in [1.54, 1.807) is 28.6 Å². The van der Waals surface area contributed by atoms with Crippen molar-refractivity contribution in [2.24, 2.45) is 11.3 Å². The molecule has 0 radical (unpaired) electrons. The average molecular weight is 566 g/mol. The summed E-state index contributed by atoms with van der Waals surface area (Å²) in [5, 5.41) is 14.2. The molecule has 1 atom stereocenters. The first-order chi connectivity index (χ1) is 19.3. The zero-order chi connectivity index (χ0) is 27.5. The predicted molar refractivity (Wildman–Crippen MR) is 147 cm³/mol. The molecule has 9 nitrogen and oxygen atoms in total. The van der Waals surface area contributed by atoms with Crippen LogP contribution in [0.25, 0.3) is 11.8 Å². The molecule has 1 aromatic carbocycles. The molecule has 0 amide bonds. The van der Waals surface area contributed by atoms with Crippen molar-refractivity contribution in [1.29, 1.82) is 0 Å². The number of pyridine rings is 1. The van der Waals surface area contributed by atoms with E-state index in [-0.39, 0.29) is 16.8 Å². The minimum absolute atomic E-state index is 0.166. The second-order valence-electron chi connectivity index (χ2n) is 11.5. The van der Waals surface area contributed by atoms with Gasteiger partial charge in [-0.05, 0) is 79.6 Å². The van der Waals surface area contributed by atoms with Crippen LogP contribution in [0, 0.1) is 17.2 Å². The Hall–Kier alpha value is -3.12. The van der Waals surface area contributed by atoms with Crippen molar-refractivity contribution >= 4 is 21.9 Å². The average Bonchev–Trinajstić information content (AvgIpc) is 3.68. The van der Waals surface area contributed by atoms with E-state index in [2.05, 4.69) is 16.2 Å². The van der Waals surface area contributed by atoms with Gasteiger partial charge in [0.2, 0.25) is 10.0 Å². The van der Waals surface area contributed by atoms with Crippen molar-refractivity contribution in [3.05, 3.63) is 71.4 Å². The van der Waals surface area contributed by atoms with Gasteiger partial charge in [-0.25, -0.2) is 22.5 Å². The number of aliphatic hydroxyl groups excluding tert-OH is 1. The van der Waals surface area contributed by atoms with Crippen molar-refractivity contribution < 1.29 is 22.7 Å². The summed E-state index contributed by atoms with van der Waals surface area (Å²) in [7, 11) is -3.78. The van der Waals surface area contributed by atoms with Gasteiger partial charge in [0, 0.05) is 44.4 Å². The van der Waals surface area contributed by atoms with Gasteiger partial charge in [-0.2, -0.15) is 9.40 Å². The van der Waals surface area contributed by atoms with E-state index < -0.39 is 15.4 Å². The first-order valence-electron chi connectivity index (χ1n) is 13.8. The number of sulfonamides is 1. The topological polar surface area (TPSA) is 101 Å². The number of halogens is 1. The Labute approximate surface area is 232 Å². The van der Waals surface area contributed by atoms with Gasteiger partial charge in [-0.15, -0.1) is 0 Å². The van der Waals surface area contributed by atoms with E-state index in [9.17, 15) is 17.9 Å². The molecule has 3 fully saturated rings. The zero-order valence-electron chi connectivity index (χ0n) is 22.1. The van der Waals surface area contributed by atoms with Crippen LogP contribution in [-0.2, 0) is 21.2 Å². The van der Waals surface area contributed by atoms with Gasteiger partial charge in [-0.1, -0.05) is 5.57 Å². The predicted octanol–water partition coefficient (Wildman–Crippen LogP) is 3.03. The van der Waals surface area contributed by atoms with Gasteiger partial charge >= 0.3 is 0 Å². The van der Waals surface area contributed by atoms with Crippen molar-refractivity contribution in [3.8, 4) is 5.69 Å². The quantitative estimate of drug-likeness (QED) is 0.448. The fraction of sp³-hybridized carbons (Fsp3) is 0.448. The maximum absolute atomic E-state index is 13.8. The van der Waals surface area contributed by atoms with Crippen LogP contribution in [-0.4, -0.2) is 78.1 Å². The monoisotopic (exact) mass is 565 g/mol. The second kappa shape index (κ2) is 9.76. The first kappa shape index (κ1) is 25.8. The number of fused-ring (bicyclic) bond motifs is 2. The third kappa shape index (κ3) is 4.64. The molecule has 3 aromatic rings. The van der Waals surface area contributed by atoms with Gasteiger partial charge < -0.3 is 14.7 Å². The molecule has 4 aliphatic rings. The number of anilines is 1. The maximum atomic E-state index is 13.8. The molecule has 2 aliphatic heterocycles. The minimum Gasteiger partial charge on any atom is -0.389 e. The summed E-state index contributed by atoms with van der Waals surface area (Å²) < 4.78 is 50.8.